The number of carbonyl (C=O) groups excluding carboxylic acids is 2. The molecule has 0 radical (unpaired) electrons. The maximum Gasteiger partial charge on any atom is 0.255 e. The van der Waals surface area contributed by atoms with Crippen molar-refractivity contribution < 1.29 is 18.0 Å². The summed E-state index contributed by atoms with van der Waals surface area (Å²) in [5.74, 6) is -0.726. The molecule has 0 aromatic heterocycles. The van der Waals surface area contributed by atoms with Gasteiger partial charge in [-0.25, -0.2) is 8.42 Å². The summed E-state index contributed by atoms with van der Waals surface area (Å²) in [6.45, 7) is 6.64. The summed E-state index contributed by atoms with van der Waals surface area (Å²) in [5.41, 5.74) is 1.65. The van der Waals surface area contributed by atoms with E-state index in [1.807, 2.05) is 13.8 Å². The Bertz CT molecular complexity index is 1090. The number of benzene rings is 2. The van der Waals surface area contributed by atoms with Crippen LogP contribution in [0.3, 0.4) is 0 Å². The van der Waals surface area contributed by atoms with Crippen molar-refractivity contribution in [2.75, 3.05) is 18.4 Å². The Labute approximate surface area is 190 Å². The number of carbonyl (C=O) groups is 2. The van der Waals surface area contributed by atoms with Crippen LogP contribution in [0.5, 0.6) is 0 Å². The zero-order chi connectivity index (χ0) is 23.3. The monoisotopic (exact) mass is 457 g/mol. The van der Waals surface area contributed by atoms with Crippen molar-refractivity contribution in [3.05, 3.63) is 59.2 Å². The van der Waals surface area contributed by atoms with Gasteiger partial charge in [-0.3, -0.25) is 9.59 Å². The molecule has 0 saturated carbocycles. The molecule has 1 fully saturated rings. The van der Waals surface area contributed by atoms with Crippen molar-refractivity contribution in [1.82, 2.24) is 9.62 Å². The standard InChI is InChI=1S/C24H31N3O4S/c1-4-18(3)25-23(28)20-10-6-7-11-22(20)26-24(29)21-16-19(13-12-17(21)2)32(30,31)27-14-8-5-9-15-27/h6-7,10-13,16,18H,4-5,8-9,14-15H2,1-3H3,(H,25,28)(H,26,29)/t18-/m1/s1. The van der Waals surface area contributed by atoms with Gasteiger partial charge in [-0.2, -0.15) is 4.31 Å². The smallest absolute Gasteiger partial charge is 0.255 e. The number of aryl methyl sites for hydroxylation is 1. The number of anilines is 1. The Kier molecular flexibility index (Phi) is 7.69. The first-order chi connectivity index (χ1) is 15.2. The first kappa shape index (κ1) is 23.9. The van der Waals surface area contributed by atoms with Crippen LogP contribution in [0.1, 0.15) is 65.8 Å². The van der Waals surface area contributed by atoms with E-state index < -0.39 is 15.9 Å². The molecule has 1 saturated heterocycles. The van der Waals surface area contributed by atoms with Gasteiger partial charge in [0.15, 0.2) is 0 Å². The number of nitrogens with one attached hydrogen (secondary N) is 2. The highest BCUT2D eigenvalue weighted by atomic mass is 32.2. The lowest BCUT2D eigenvalue weighted by Gasteiger charge is -2.26. The topological polar surface area (TPSA) is 95.6 Å². The molecule has 1 heterocycles. The number of nitrogens with zero attached hydrogens (tertiary/aromatic N) is 1. The average Bonchev–Trinajstić information content (AvgIpc) is 2.79. The highest BCUT2D eigenvalue weighted by Gasteiger charge is 2.27. The molecule has 172 valence electrons. The lowest BCUT2D eigenvalue weighted by Crippen LogP contribution is -2.35. The molecule has 2 N–H and O–H groups in total. The second-order valence-electron chi connectivity index (χ2n) is 8.22. The SMILES string of the molecule is CC[C@@H](C)NC(=O)c1ccccc1NC(=O)c1cc(S(=O)(=O)N2CCCCC2)ccc1C. The predicted molar refractivity (Wildman–Crippen MR) is 125 cm³/mol. The number of hydrogen-bond donors (Lipinski definition) is 2. The van der Waals surface area contributed by atoms with E-state index in [0.29, 0.717) is 29.9 Å². The van der Waals surface area contributed by atoms with Gasteiger partial charge in [-0.1, -0.05) is 31.5 Å². The van der Waals surface area contributed by atoms with E-state index in [-0.39, 0.29) is 22.4 Å². The number of para-hydroxylation sites is 1. The third-order valence-electron chi connectivity index (χ3n) is 5.82. The molecule has 1 aliphatic rings. The minimum absolute atomic E-state index is 0.00479. The fraction of sp³-hybridized carbons (Fsp3) is 0.417. The molecule has 2 aromatic carbocycles. The minimum atomic E-state index is -3.66. The molecule has 8 heteroatoms. The molecule has 0 bridgehead atoms. The molecule has 0 unspecified atom stereocenters. The van der Waals surface area contributed by atoms with Crippen molar-refractivity contribution in [3.63, 3.8) is 0 Å². The van der Waals surface area contributed by atoms with Gasteiger partial charge in [0.05, 0.1) is 16.1 Å². The molecule has 2 aromatic rings. The third kappa shape index (κ3) is 5.37. The largest absolute Gasteiger partial charge is 0.350 e. The van der Waals surface area contributed by atoms with Gasteiger partial charge in [0.2, 0.25) is 10.0 Å². The number of rotatable bonds is 7. The van der Waals surface area contributed by atoms with E-state index in [2.05, 4.69) is 10.6 Å². The van der Waals surface area contributed by atoms with Crippen LogP contribution in [0.15, 0.2) is 47.4 Å². The number of hydrogen-bond acceptors (Lipinski definition) is 4. The van der Waals surface area contributed by atoms with Gasteiger partial charge < -0.3 is 10.6 Å². The van der Waals surface area contributed by atoms with E-state index in [1.54, 1.807) is 43.3 Å². The maximum atomic E-state index is 13.1. The quantitative estimate of drug-likeness (QED) is 0.658. The summed E-state index contributed by atoms with van der Waals surface area (Å²) in [6.07, 6.45) is 3.50. The van der Waals surface area contributed by atoms with Crippen LogP contribution in [-0.2, 0) is 10.0 Å². The van der Waals surface area contributed by atoms with Gasteiger partial charge in [0, 0.05) is 24.7 Å². The molecule has 2 amide bonds. The molecule has 32 heavy (non-hydrogen) atoms. The van der Waals surface area contributed by atoms with Crippen molar-refractivity contribution in [1.29, 1.82) is 0 Å². The molecule has 1 aliphatic heterocycles. The van der Waals surface area contributed by atoms with Gasteiger partial charge in [-0.05, 0) is 62.9 Å². The highest BCUT2D eigenvalue weighted by Crippen LogP contribution is 2.24. The van der Waals surface area contributed by atoms with E-state index in [0.717, 1.165) is 25.7 Å². The molecular formula is C24H31N3O4S. The fourth-order valence-corrected chi connectivity index (χ4v) is 5.19. The lowest BCUT2D eigenvalue weighted by molar-refractivity contribution is 0.0940. The highest BCUT2D eigenvalue weighted by molar-refractivity contribution is 7.89. The summed E-state index contributed by atoms with van der Waals surface area (Å²) in [4.78, 5) is 25.8. The Balaban J connectivity index is 1.86. The lowest BCUT2D eigenvalue weighted by atomic mass is 10.1. The number of piperidine rings is 1. The zero-order valence-electron chi connectivity index (χ0n) is 18.8. The predicted octanol–water partition coefficient (Wildman–Crippen LogP) is 3.95. The van der Waals surface area contributed by atoms with Crippen LogP contribution in [-0.4, -0.2) is 43.7 Å². The van der Waals surface area contributed by atoms with Gasteiger partial charge in [0.25, 0.3) is 11.8 Å². The van der Waals surface area contributed by atoms with Crippen molar-refractivity contribution in [2.24, 2.45) is 0 Å². The first-order valence-electron chi connectivity index (χ1n) is 11.1. The summed E-state index contributed by atoms with van der Waals surface area (Å²) in [7, 11) is -3.66. The van der Waals surface area contributed by atoms with E-state index >= 15 is 0 Å². The van der Waals surface area contributed by atoms with Crippen LogP contribution in [0.2, 0.25) is 0 Å². The second kappa shape index (κ2) is 10.3. The van der Waals surface area contributed by atoms with Crippen LogP contribution in [0.25, 0.3) is 0 Å². The van der Waals surface area contributed by atoms with Crippen molar-refractivity contribution in [2.45, 2.75) is 57.4 Å². The van der Waals surface area contributed by atoms with Crippen LogP contribution in [0.4, 0.5) is 5.69 Å². The average molecular weight is 458 g/mol. The maximum absolute atomic E-state index is 13.1. The third-order valence-corrected chi connectivity index (χ3v) is 7.71. The molecule has 0 spiro atoms. The molecule has 0 aliphatic carbocycles. The Morgan fingerprint density at radius 1 is 1.00 bits per heavy atom. The van der Waals surface area contributed by atoms with Crippen molar-refractivity contribution in [3.8, 4) is 0 Å². The van der Waals surface area contributed by atoms with Crippen LogP contribution >= 0.6 is 0 Å². The fourth-order valence-electron chi connectivity index (χ4n) is 3.64. The number of sulfonamides is 1. The Morgan fingerprint density at radius 2 is 1.69 bits per heavy atom. The minimum Gasteiger partial charge on any atom is -0.350 e. The molecule has 7 nitrogen and oxygen atoms in total. The summed E-state index contributed by atoms with van der Waals surface area (Å²) >= 11 is 0. The zero-order valence-corrected chi connectivity index (χ0v) is 19.7. The van der Waals surface area contributed by atoms with E-state index in [9.17, 15) is 18.0 Å². The van der Waals surface area contributed by atoms with Crippen molar-refractivity contribution >= 4 is 27.5 Å². The van der Waals surface area contributed by atoms with Gasteiger partial charge >= 0.3 is 0 Å². The Hall–Kier alpha value is -2.71. The van der Waals surface area contributed by atoms with E-state index in [1.165, 1.54) is 10.4 Å². The summed E-state index contributed by atoms with van der Waals surface area (Å²) < 4.78 is 27.6. The summed E-state index contributed by atoms with van der Waals surface area (Å²) in [6, 6.07) is 11.4. The normalized spacial score (nSPS) is 15.7. The number of amides is 2. The molecule has 1 atom stereocenters. The molecular weight excluding hydrogens is 426 g/mol. The van der Waals surface area contributed by atoms with E-state index in [4.69, 9.17) is 0 Å². The van der Waals surface area contributed by atoms with Gasteiger partial charge in [0.1, 0.15) is 0 Å². The van der Waals surface area contributed by atoms with Crippen LogP contribution < -0.4 is 10.6 Å². The van der Waals surface area contributed by atoms with Crippen LogP contribution in [0, 0.1) is 6.92 Å². The Morgan fingerprint density at radius 3 is 2.38 bits per heavy atom. The van der Waals surface area contributed by atoms with Gasteiger partial charge in [-0.15, -0.1) is 0 Å². The second-order valence-corrected chi connectivity index (χ2v) is 10.2. The molecule has 3 rings (SSSR count). The summed E-state index contributed by atoms with van der Waals surface area (Å²) in [5, 5.41) is 5.69. The first-order valence-corrected chi connectivity index (χ1v) is 12.5.